The molecule has 3 rings (SSSR count). The second kappa shape index (κ2) is 5.70. The molecule has 2 fully saturated rings. The number of benzene rings is 1. The molecule has 6 heteroatoms. The van der Waals surface area contributed by atoms with Crippen LogP contribution in [0.2, 0.25) is 0 Å². The van der Waals surface area contributed by atoms with E-state index < -0.39 is 0 Å². The lowest BCUT2D eigenvalue weighted by Gasteiger charge is -2.49. The number of halogens is 1. The minimum atomic E-state index is -0.136. The van der Waals surface area contributed by atoms with Gasteiger partial charge in [0.05, 0.1) is 5.54 Å². The van der Waals surface area contributed by atoms with Crippen molar-refractivity contribution < 1.29 is 4.79 Å². The van der Waals surface area contributed by atoms with Crippen LogP contribution in [0, 0.1) is 5.92 Å². The first-order chi connectivity index (χ1) is 10.2. The first-order valence-electron chi connectivity index (χ1n) is 7.23. The van der Waals surface area contributed by atoms with Crippen molar-refractivity contribution in [3.05, 3.63) is 44.7 Å². The number of carbonyl (C=O) groups is 1. The third-order valence-electron chi connectivity index (χ3n) is 4.69. The van der Waals surface area contributed by atoms with E-state index in [9.17, 15) is 4.79 Å². The first-order valence-corrected chi connectivity index (χ1v) is 8.02. The molecule has 1 aromatic carbocycles. The molecule has 2 aliphatic rings. The number of carbonyl (C=O) groups excluding carboxylic acids is 1. The highest BCUT2D eigenvalue weighted by molar-refractivity contribution is 9.10. The highest BCUT2D eigenvalue weighted by atomic mass is 79.9. The number of azide groups is 1. The monoisotopic (exact) mass is 348 g/mol. The van der Waals surface area contributed by atoms with E-state index in [1.165, 1.54) is 5.56 Å². The summed E-state index contributed by atoms with van der Waals surface area (Å²) in [6.45, 7) is 1.11. The maximum Gasteiger partial charge on any atom is 0.223 e. The van der Waals surface area contributed by atoms with Crippen molar-refractivity contribution in [2.24, 2.45) is 11.0 Å². The van der Waals surface area contributed by atoms with E-state index in [0.717, 1.165) is 23.7 Å². The lowest BCUT2D eigenvalue weighted by molar-refractivity contribution is -0.137. The van der Waals surface area contributed by atoms with Crippen LogP contribution in [-0.2, 0) is 10.3 Å². The van der Waals surface area contributed by atoms with Gasteiger partial charge in [0.25, 0.3) is 0 Å². The zero-order chi connectivity index (χ0) is 14.9. The normalized spacial score (nSPS) is 23.6. The minimum Gasteiger partial charge on any atom is -0.333 e. The predicted octanol–water partition coefficient (Wildman–Crippen LogP) is 3.99. The summed E-state index contributed by atoms with van der Waals surface area (Å²) in [5.74, 6) is 0.345. The summed E-state index contributed by atoms with van der Waals surface area (Å²) in [6, 6.07) is 8.29. The summed E-state index contributed by atoms with van der Waals surface area (Å²) in [4.78, 5) is 17.2. The van der Waals surface area contributed by atoms with E-state index in [1.807, 2.05) is 17.0 Å². The number of hydrogen-bond donors (Lipinski definition) is 0. The van der Waals surface area contributed by atoms with Crippen LogP contribution in [-0.4, -0.2) is 23.9 Å². The average molecular weight is 349 g/mol. The van der Waals surface area contributed by atoms with Crippen LogP contribution in [0.5, 0.6) is 0 Å². The van der Waals surface area contributed by atoms with Crippen LogP contribution in [0.25, 0.3) is 10.4 Å². The minimum absolute atomic E-state index is 0.136. The highest BCUT2D eigenvalue weighted by Gasteiger charge is 2.49. The van der Waals surface area contributed by atoms with Crippen LogP contribution in [0.3, 0.4) is 0 Å². The molecule has 1 aliphatic heterocycles. The maximum atomic E-state index is 12.4. The van der Waals surface area contributed by atoms with Gasteiger partial charge >= 0.3 is 0 Å². The predicted molar refractivity (Wildman–Crippen MR) is 83.5 cm³/mol. The van der Waals surface area contributed by atoms with Crippen molar-refractivity contribution >= 4 is 21.8 Å². The van der Waals surface area contributed by atoms with Gasteiger partial charge in [-0.3, -0.25) is 4.79 Å². The molecule has 5 nitrogen and oxygen atoms in total. The molecule has 0 bridgehead atoms. The molecular weight excluding hydrogens is 332 g/mol. The Morgan fingerprint density at radius 3 is 2.67 bits per heavy atom. The molecule has 0 spiro atoms. The van der Waals surface area contributed by atoms with Gasteiger partial charge in [0.1, 0.15) is 0 Å². The van der Waals surface area contributed by atoms with E-state index >= 15 is 0 Å². The molecule has 1 unspecified atom stereocenters. The third kappa shape index (κ3) is 2.54. The van der Waals surface area contributed by atoms with E-state index in [2.05, 4.69) is 38.1 Å². The Hall–Kier alpha value is -1.52. The Bertz CT molecular complexity index is 590. The van der Waals surface area contributed by atoms with Gasteiger partial charge in [-0.05, 0) is 48.4 Å². The van der Waals surface area contributed by atoms with Crippen molar-refractivity contribution in [2.75, 3.05) is 13.1 Å². The Balaban J connectivity index is 1.84. The summed E-state index contributed by atoms with van der Waals surface area (Å²) in [5.41, 5.74) is 9.52. The molecule has 1 atom stereocenters. The van der Waals surface area contributed by atoms with Crippen molar-refractivity contribution in [3.8, 4) is 0 Å². The lowest BCUT2D eigenvalue weighted by atomic mass is 9.70. The smallest absolute Gasteiger partial charge is 0.223 e. The van der Waals surface area contributed by atoms with Crippen molar-refractivity contribution in [2.45, 2.75) is 31.2 Å². The zero-order valence-electron chi connectivity index (χ0n) is 11.7. The van der Waals surface area contributed by atoms with Crippen molar-refractivity contribution in [1.82, 2.24) is 4.90 Å². The van der Waals surface area contributed by atoms with E-state index in [4.69, 9.17) is 5.53 Å². The van der Waals surface area contributed by atoms with Gasteiger partial charge in [-0.25, -0.2) is 0 Å². The fourth-order valence-electron chi connectivity index (χ4n) is 3.46. The molecule has 1 saturated heterocycles. The second-order valence-corrected chi connectivity index (χ2v) is 6.80. The number of amides is 1. The van der Waals surface area contributed by atoms with Gasteiger partial charge in [0, 0.05) is 28.9 Å². The molecule has 0 radical (unpaired) electrons. The highest BCUT2D eigenvalue weighted by Crippen LogP contribution is 2.49. The van der Waals surface area contributed by atoms with Crippen LogP contribution in [0.15, 0.2) is 33.9 Å². The van der Waals surface area contributed by atoms with Crippen LogP contribution in [0.4, 0.5) is 0 Å². The summed E-state index contributed by atoms with van der Waals surface area (Å²) in [7, 11) is 0. The molecule has 1 amide bonds. The van der Waals surface area contributed by atoms with E-state index in [1.54, 1.807) is 0 Å². The van der Waals surface area contributed by atoms with Crippen molar-refractivity contribution in [1.29, 1.82) is 0 Å². The van der Waals surface area contributed by atoms with Gasteiger partial charge in [0.2, 0.25) is 5.91 Å². The molecule has 0 aromatic heterocycles. The largest absolute Gasteiger partial charge is 0.333 e. The van der Waals surface area contributed by atoms with Crippen LogP contribution >= 0.6 is 15.9 Å². The molecule has 0 N–H and O–H groups in total. The number of nitrogens with zero attached hydrogens (tertiary/aromatic N) is 4. The number of hydrogen-bond acceptors (Lipinski definition) is 2. The molecule has 21 heavy (non-hydrogen) atoms. The molecular formula is C15H17BrN4O. The molecule has 1 heterocycles. The number of likely N-dealkylation sites (tertiary alicyclic amines) is 1. The Morgan fingerprint density at radius 1 is 1.38 bits per heavy atom. The summed E-state index contributed by atoms with van der Waals surface area (Å²) in [5, 5.41) is 3.63. The van der Waals surface area contributed by atoms with Gasteiger partial charge in [-0.15, -0.1) is 0 Å². The second-order valence-electron chi connectivity index (χ2n) is 5.88. The van der Waals surface area contributed by atoms with Crippen molar-refractivity contribution in [3.63, 3.8) is 0 Å². The van der Waals surface area contributed by atoms with E-state index in [0.29, 0.717) is 19.5 Å². The Labute approximate surface area is 132 Å². The third-order valence-corrected chi connectivity index (χ3v) is 5.22. The average Bonchev–Trinajstić information content (AvgIpc) is 2.79. The summed E-state index contributed by atoms with van der Waals surface area (Å²) in [6.07, 6.45) is 3.70. The standard InChI is InChI=1S/C15H17BrN4O/c16-13-4-2-12(3-5-13)15(6-1-7-15)20-10-11(8-14(20)21)9-18-19-17/h2-5,11H,1,6-10H2. The molecule has 110 valence electrons. The van der Waals surface area contributed by atoms with Crippen LogP contribution < -0.4 is 0 Å². The quantitative estimate of drug-likeness (QED) is 0.460. The Morgan fingerprint density at radius 2 is 2.10 bits per heavy atom. The fourth-order valence-corrected chi connectivity index (χ4v) is 3.72. The lowest BCUT2D eigenvalue weighted by Crippen LogP contribution is -2.51. The van der Waals surface area contributed by atoms with E-state index in [-0.39, 0.29) is 17.4 Å². The summed E-state index contributed by atoms with van der Waals surface area (Å²) >= 11 is 3.46. The molecule has 1 aromatic rings. The molecule has 1 saturated carbocycles. The van der Waals surface area contributed by atoms with Gasteiger partial charge < -0.3 is 4.90 Å². The topological polar surface area (TPSA) is 69.1 Å². The van der Waals surface area contributed by atoms with Gasteiger partial charge in [-0.1, -0.05) is 33.2 Å². The van der Waals surface area contributed by atoms with Crippen LogP contribution in [0.1, 0.15) is 31.2 Å². The molecule has 1 aliphatic carbocycles. The first kappa shape index (κ1) is 14.4. The van der Waals surface area contributed by atoms with Gasteiger partial charge in [-0.2, -0.15) is 0 Å². The number of rotatable bonds is 4. The zero-order valence-corrected chi connectivity index (χ0v) is 13.3. The summed E-state index contributed by atoms with van der Waals surface area (Å²) < 4.78 is 1.05. The van der Waals surface area contributed by atoms with Gasteiger partial charge in [0.15, 0.2) is 0 Å². The SMILES string of the molecule is [N-]=[N+]=NCC1CC(=O)N(C2(c3ccc(Br)cc3)CCC2)C1. The maximum absolute atomic E-state index is 12.4. The Kier molecular flexibility index (Phi) is 3.91. The fraction of sp³-hybridized carbons (Fsp3) is 0.533.